The second-order valence-electron chi connectivity index (χ2n) is 7.94. The van der Waals surface area contributed by atoms with Crippen LogP contribution in [0.25, 0.3) is 0 Å². The fourth-order valence-electron chi connectivity index (χ4n) is 4.99. The lowest BCUT2D eigenvalue weighted by atomic mass is 9.82. The number of piperidine rings is 1. The molecule has 1 aromatic rings. The van der Waals surface area contributed by atoms with Gasteiger partial charge in [0.2, 0.25) is 0 Å². The van der Waals surface area contributed by atoms with E-state index in [4.69, 9.17) is 4.74 Å². The van der Waals surface area contributed by atoms with Gasteiger partial charge in [-0.2, -0.15) is 0 Å². The molecule has 0 N–H and O–H groups in total. The zero-order valence-electron chi connectivity index (χ0n) is 14.5. The minimum absolute atomic E-state index is 0.317. The highest BCUT2D eigenvalue weighted by Crippen LogP contribution is 2.40. The summed E-state index contributed by atoms with van der Waals surface area (Å²) in [7, 11) is 0. The van der Waals surface area contributed by atoms with Crippen molar-refractivity contribution in [3.8, 4) is 0 Å². The third kappa shape index (κ3) is 3.57. The molecule has 1 aromatic carbocycles. The molecule has 3 fully saturated rings. The molecule has 2 atom stereocenters. The Bertz CT molecular complexity index is 538. The summed E-state index contributed by atoms with van der Waals surface area (Å²) < 4.78 is 5.42. The summed E-state index contributed by atoms with van der Waals surface area (Å²) in [6.07, 6.45) is 7.68. The van der Waals surface area contributed by atoms with Crippen molar-refractivity contribution in [1.82, 2.24) is 4.90 Å². The van der Waals surface area contributed by atoms with Crippen molar-refractivity contribution in [2.75, 3.05) is 13.2 Å². The molecule has 3 nitrogen and oxygen atoms in total. The van der Waals surface area contributed by atoms with Crippen molar-refractivity contribution >= 4 is 5.78 Å². The van der Waals surface area contributed by atoms with Gasteiger partial charge in [0.25, 0.3) is 0 Å². The lowest BCUT2D eigenvalue weighted by molar-refractivity contribution is -0.127. The van der Waals surface area contributed by atoms with E-state index in [-0.39, 0.29) is 0 Å². The fraction of sp³-hybridized carbons (Fsp3) is 0.667. The van der Waals surface area contributed by atoms with E-state index >= 15 is 0 Å². The van der Waals surface area contributed by atoms with Crippen molar-refractivity contribution in [2.24, 2.45) is 11.8 Å². The predicted octanol–water partition coefficient (Wildman–Crippen LogP) is 3.82. The number of Topliss-reactive ketones (excluding diaryl/α,β-unsaturated/α-hetero) is 1. The summed E-state index contributed by atoms with van der Waals surface area (Å²) in [6, 6.07) is 12.0. The maximum atomic E-state index is 12.8. The average molecular weight is 327 g/mol. The lowest BCUT2D eigenvalue weighted by Crippen LogP contribution is -2.44. The van der Waals surface area contributed by atoms with Crippen LogP contribution in [0.3, 0.4) is 0 Å². The first-order valence-electron chi connectivity index (χ1n) is 9.69. The quantitative estimate of drug-likeness (QED) is 0.823. The first kappa shape index (κ1) is 16.3. The van der Waals surface area contributed by atoms with Crippen molar-refractivity contribution in [2.45, 2.75) is 63.6 Å². The highest BCUT2D eigenvalue weighted by molar-refractivity contribution is 5.81. The van der Waals surface area contributed by atoms with Crippen LogP contribution in [0, 0.1) is 11.8 Å². The van der Waals surface area contributed by atoms with E-state index in [1.165, 1.54) is 18.4 Å². The number of carbonyl (C=O) groups excluding carboxylic acids is 1. The summed E-state index contributed by atoms with van der Waals surface area (Å²) in [6.45, 7) is 2.74. The van der Waals surface area contributed by atoms with Crippen molar-refractivity contribution < 1.29 is 9.53 Å². The number of hydrogen-bond acceptors (Lipinski definition) is 3. The Kier molecular flexibility index (Phi) is 5.00. The summed E-state index contributed by atoms with van der Waals surface area (Å²) >= 11 is 0. The van der Waals surface area contributed by atoms with E-state index in [9.17, 15) is 4.79 Å². The zero-order chi connectivity index (χ0) is 16.4. The molecule has 0 aromatic heterocycles. The molecule has 2 unspecified atom stereocenters. The summed E-state index contributed by atoms with van der Waals surface area (Å²) in [5.41, 5.74) is 1.40. The number of carbonyl (C=O) groups is 1. The molecule has 0 spiro atoms. The van der Waals surface area contributed by atoms with Crippen LogP contribution >= 0.6 is 0 Å². The largest absolute Gasteiger partial charge is 0.381 e. The van der Waals surface area contributed by atoms with Gasteiger partial charge < -0.3 is 4.74 Å². The molecule has 3 heteroatoms. The normalized spacial score (nSPS) is 31.2. The Labute approximate surface area is 145 Å². The van der Waals surface area contributed by atoms with E-state index in [0.717, 1.165) is 51.9 Å². The third-order valence-electron chi connectivity index (χ3n) is 6.38. The van der Waals surface area contributed by atoms with Gasteiger partial charge in [0.15, 0.2) is 0 Å². The molecule has 3 saturated heterocycles. The number of benzene rings is 1. The van der Waals surface area contributed by atoms with Crippen LogP contribution in [0.2, 0.25) is 0 Å². The Balaban J connectivity index is 1.34. The maximum Gasteiger partial charge on any atom is 0.136 e. The number of rotatable bonds is 5. The molecule has 3 aliphatic rings. The Morgan fingerprint density at radius 2 is 1.67 bits per heavy atom. The summed E-state index contributed by atoms with van der Waals surface area (Å²) in [4.78, 5) is 15.5. The molecule has 24 heavy (non-hydrogen) atoms. The molecule has 130 valence electrons. The van der Waals surface area contributed by atoms with Gasteiger partial charge in [0, 0.05) is 44.2 Å². The van der Waals surface area contributed by atoms with Crippen LogP contribution in [0.5, 0.6) is 0 Å². The molecule has 3 aliphatic heterocycles. The molecule has 0 saturated carbocycles. The molecule has 3 heterocycles. The number of ketones is 1. The zero-order valence-corrected chi connectivity index (χ0v) is 14.5. The first-order chi connectivity index (χ1) is 11.8. The fourth-order valence-corrected chi connectivity index (χ4v) is 4.99. The Morgan fingerprint density at radius 3 is 2.33 bits per heavy atom. The van der Waals surface area contributed by atoms with Crippen LogP contribution in [0.15, 0.2) is 30.3 Å². The van der Waals surface area contributed by atoms with Crippen molar-refractivity contribution in [1.29, 1.82) is 0 Å². The smallest absolute Gasteiger partial charge is 0.136 e. The minimum atomic E-state index is 0.317. The molecular formula is C21H29NO2. The second-order valence-corrected chi connectivity index (χ2v) is 7.94. The van der Waals surface area contributed by atoms with Crippen LogP contribution in [-0.2, 0) is 16.1 Å². The molecule has 0 amide bonds. The van der Waals surface area contributed by atoms with E-state index < -0.39 is 0 Å². The van der Waals surface area contributed by atoms with Gasteiger partial charge in [-0.1, -0.05) is 30.3 Å². The lowest BCUT2D eigenvalue weighted by Gasteiger charge is -2.39. The number of fused-ring (bicyclic) bond motifs is 2. The van der Waals surface area contributed by atoms with Gasteiger partial charge in [-0.3, -0.25) is 9.69 Å². The summed E-state index contributed by atoms with van der Waals surface area (Å²) in [5.74, 6) is 1.43. The summed E-state index contributed by atoms with van der Waals surface area (Å²) in [5, 5.41) is 0. The van der Waals surface area contributed by atoms with Crippen LogP contribution in [0.1, 0.15) is 50.5 Å². The molecule has 2 bridgehead atoms. The van der Waals surface area contributed by atoms with Crippen molar-refractivity contribution in [3.63, 3.8) is 0 Å². The average Bonchev–Trinajstić information content (AvgIpc) is 2.84. The highest BCUT2D eigenvalue weighted by Gasteiger charge is 2.42. The van der Waals surface area contributed by atoms with Gasteiger partial charge >= 0.3 is 0 Å². The van der Waals surface area contributed by atoms with E-state index in [0.29, 0.717) is 29.7 Å². The highest BCUT2D eigenvalue weighted by atomic mass is 16.5. The third-order valence-corrected chi connectivity index (χ3v) is 6.38. The second kappa shape index (κ2) is 7.37. The van der Waals surface area contributed by atoms with Gasteiger partial charge in [-0.15, -0.1) is 0 Å². The Morgan fingerprint density at radius 1 is 1.00 bits per heavy atom. The molecular weight excluding hydrogens is 298 g/mol. The van der Waals surface area contributed by atoms with Gasteiger partial charge in [0.1, 0.15) is 5.78 Å². The van der Waals surface area contributed by atoms with Gasteiger partial charge in [-0.25, -0.2) is 0 Å². The number of ether oxygens (including phenoxy) is 1. The van der Waals surface area contributed by atoms with Gasteiger partial charge in [-0.05, 0) is 50.0 Å². The SMILES string of the molecule is O=C(CC1CCOCC1)C1CC2CCC(C1)N2Cc1ccccc1. The van der Waals surface area contributed by atoms with Crippen molar-refractivity contribution in [3.05, 3.63) is 35.9 Å². The van der Waals surface area contributed by atoms with Crippen LogP contribution in [0.4, 0.5) is 0 Å². The van der Waals surface area contributed by atoms with Crippen LogP contribution < -0.4 is 0 Å². The number of hydrogen-bond donors (Lipinski definition) is 0. The monoisotopic (exact) mass is 327 g/mol. The van der Waals surface area contributed by atoms with E-state index in [2.05, 4.69) is 35.2 Å². The maximum absolute atomic E-state index is 12.8. The minimum Gasteiger partial charge on any atom is -0.381 e. The van der Waals surface area contributed by atoms with Crippen LogP contribution in [-0.4, -0.2) is 36.0 Å². The van der Waals surface area contributed by atoms with E-state index in [1.807, 2.05) is 0 Å². The van der Waals surface area contributed by atoms with Gasteiger partial charge in [0.05, 0.1) is 0 Å². The molecule has 4 rings (SSSR count). The molecule has 0 radical (unpaired) electrons. The molecule has 0 aliphatic carbocycles. The van der Waals surface area contributed by atoms with E-state index in [1.54, 1.807) is 0 Å². The number of nitrogens with zero attached hydrogens (tertiary/aromatic N) is 1. The Hall–Kier alpha value is -1.19. The standard InChI is InChI=1S/C21H29NO2/c23-21(12-16-8-10-24-11-9-16)18-13-19-6-7-20(14-18)22(19)15-17-4-2-1-3-5-17/h1-5,16,18-20H,6-15H2. The predicted molar refractivity (Wildman–Crippen MR) is 94.7 cm³/mol. The first-order valence-corrected chi connectivity index (χ1v) is 9.69. The topological polar surface area (TPSA) is 29.5 Å².